The minimum Gasteiger partial charge on any atom is -0.506 e. The number of phenols is 1. The molecule has 0 aliphatic carbocycles. The molecule has 4 aromatic rings. The van der Waals surface area contributed by atoms with Crippen molar-refractivity contribution in [1.82, 2.24) is 9.97 Å². The number of hydrogen-bond acceptors (Lipinski definition) is 7. The number of phenolic OH excluding ortho intramolecular Hbond substituents is 1. The number of furan rings is 1. The second kappa shape index (κ2) is 8.08. The molecule has 9 heteroatoms. The average Bonchev–Trinajstić information content (AvgIpc) is 3.17. The van der Waals surface area contributed by atoms with Crippen LogP contribution in [-0.2, 0) is 6.61 Å². The van der Waals surface area contributed by atoms with Crippen molar-refractivity contribution in [2.24, 2.45) is 0 Å². The first-order valence-corrected chi connectivity index (χ1v) is 9.29. The van der Waals surface area contributed by atoms with Crippen molar-refractivity contribution in [3.05, 3.63) is 65.1 Å². The Morgan fingerprint density at radius 1 is 1.17 bits per heavy atom. The van der Waals surface area contributed by atoms with E-state index in [4.69, 9.17) is 25.5 Å². The number of hydrogen-bond donors (Lipinski definition) is 2. The number of rotatable bonds is 6. The van der Waals surface area contributed by atoms with Gasteiger partial charge in [0, 0.05) is 11.5 Å². The molecule has 0 bridgehead atoms. The number of aryl methyl sites for hydroxylation is 1. The van der Waals surface area contributed by atoms with E-state index in [1.165, 1.54) is 19.5 Å². The van der Waals surface area contributed by atoms with Crippen LogP contribution in [-0.4, -0.2) is 22.2 Å². The van der Waals surface area contributed by atoms with E-state index < -0.39 is 5.82 Å². The van der Waals surface area contributed by atoms with Crippen LogP contribution in [0.5, 0.6) is 17.2 Å². The summed E-state index contributed by atoms with van der Waals surface area (Å²) >= 11 is 6.04. The van der Waals surface area contributed by atoms with Crippen LogP contribution in [0.2, 0.25) is 5.02 Å². The van der Waals surface area contributed by atoms with Gasteiger partial charge in [-0.25, -0.2) is 14.4 Å². The number of ether oxygens (including phenoxy) is 2. The largest absolute Gasteiger partial charge is 0.506 e. The van der Waals surface area contributed by atoms with Gasteiger partial charge in [-0.3, -0.25) is 0 Å². The van der Waals surface area contributed by atoms with Crippen molar-refractivity contribution in [3.63, 3.8) is 0 Å². The molecule has 30 heavy (non-hydrogen) atoms. The molecule has 0 aliphatic heterocycles. The van der Waals surface area contributed by atoms with Crippen LogP contribution in [0, 0.1) is 12.7 Å². The number of benzene rings is 2. The summed E-state index contributed by atoms with van der Waals surface area (Å²) in [5.74, 6) is 1.77. The average molecular weight is 430 g/mol. The summed E-state index contributed by atoms with van der Waals surface area (Å²) in [5.41, 5.74) is 0.444. The molecule has 0 saturated carbocycles. The quantitative estimate of drug-likeness (QED) is 0.426. The maximum atomic E-state index is 14.2. The van der Waals surface area contributed by atoms with Crippen LogP contribution in [0.4, 0.5) is 15.9 Å². The number of aromatic nitrogens is 2. The molecule has 0 amide bonds. The zero-order valence-corrected chi connectivity index (χ0v) is 16.8. The molecule has 0 unspecified atom stereocenters. The Bertz CT molecular complexity index is 1230. The van der Waals surface area contributed by atoms with E-state index in [1.807, 2.05) is 19.1 Å². The van der Waals surface area contributed by atoms with E-state index in [2.05, 4.69) is 15.3 Å². The van der Waals surface area contributed by atoms with Crippen LogP contribution < -0.4 is 14.8 Å². The molecular weight excluding hydrogens is 413 g/mol. The zero-order chi connectivity index (χ0) is 21.3. The Kier molecular flexibility index (Phi) is 5.33. The number of anilines is 2. The third-order valence-electron chi connectivity index (χ3n) is 4.40. The van der Waals surface area contributed by atoms with E-state index in [0.29, 0.717) is 28.2 Å². The van der Waals surface area contributed by atoms with Gasteiger partial charge in [-0.05, 0) is 37.3 Å². The van der Waals surface area contributed by atoms with Crippen LogP contribution in [0.1, 0.15) is 11.5 Å². The second-order valence-corrected chi connectivity index (χ2v) is 6.80. The number of aromatic hydroxyl groups is 1. The molecule has 2 N–H and O–H groups in total. The zero-order valence-electron chi connectivity index (χ0n) is 16.1. The molecule has 0 atom stereocenters. The van der Waals surface area contributed by atoms with E-state index >= 15 is 0 Å². The van der Waals surface area contributed by atoms with Crippen LogP contribution in [0.15, 0.2) is 47.1 Å². The Hall–Kier alpha value is -3.52. The van der Waals surface area contributed by atoms with Gasteiger partial charge in [-0.2, -0.15) is 0 Å². The first-order chi connectivity index (χ1) is 14.5. The molecule has 2 heterocycles. The molecule has 7 nitrogen and oxygen atoms in total. The summed E-state index contributed by atoms with van der Waals surface area (Å²) in [7, 11) is 1.51. The molecule has 4 rings (SSSR count). The number of methoxy groups -OCH3 is 1. The second-order valence-electron chi connectivity index (χ2n) is 6.42. The Labute approximate surface area is 176 Å². The smallest absolute Gasteiger partial charge is 0.164 e. The highest BCUT2D eigenvalue weighted by molar-refractivity contribution is 6.34. The third kappa shape index (κ3) is 3.81. The van der Waals surface area contributed by atoms with Crippen LogP contribution in [0.3, 0.4) is 0 Å². The molecule has 0 aliphatic rings. The highest BCUT2D eigenvalue weighted by Gasteiger charge is 2.16. The molecule has 2 aromatic heterocycles. The topological polar surface area (TPSA) is 89.6 Å². The molecule has 0 fully saturated rings. The highest BCUT2D eigenvalue weighted by atomic mass is 35.5. The summed E-state index contributed by atoms with van der Waals surface area (Å²) in [4.78, 5) is 8.43. The minimum absolute atomic E-state index is 0.0934. The van der Waals surface area contributed by atoms with E-state index in [-0.39, 0.29) is 28.9 Å². The maximum absolute atomic E-state index is 14.2. The lowest BCUT2D eigenvalue weighted by Gasteiger charge is -2.14. The summed E-state index contributed by atoms with van der Waals surface area (Å²) in [6.45, 7) is 2.07. The van der Waals surface area contributed by atoms with Gasteiger partial charge in [-0.15, -0.1) is 0 Å². The van der Waals surface area contributed by atoms with Crippen LogP contribution >= 0.6 is 11.6 Å². The van der Waals surface area contributed by atoms with Gasteiger partial charge in [0.05, 0.1) is 18.3 Å². The Morgan fingerprint density at radius 2 is 2.00 bits per heavy atom. The summed E-state index contributed by atoms with van der Waals surface area (Å²) in [6, 6.07) is 9.34. The van der Waals surface area contributed by atoms with Crippen LogP contribution in [0.25, 0.3) is 10.9 Å². The molecule has 0 spiro atoms. The predicted octanol–water partition coefficient (Wildman–Crippen LogP) is 5.36. The number of fused-ring (bicyclic) bond motifs is 1. The van der Waals surface area contributed by atoms with Crippen molar-refractivity contribution in [1.29, 1.82) is 0 Å². The number of halogens is 2. The summed E-state index contributed by atoms with van der Waals surface area (Å²) < 4.78 is 31.0. The standard InChI is InChI=1S/C21H17ClFN3O4/c1-11-3-4-12(30-11)9-29-18-8-15-13(7-17(18)28-2)21(25-10-24-15)26-20-14(23)5-6-16(27)19(20)22/h3-8,10,27H,9H2,1-2H3,(H,24,25,26). The SMILES string of the molecule is COc1cc2c(Nc3c(F)ccc(O)c3Cl)ncnc2cc1OCc1ccc(C)o1. The van der Waals surface area contributed by atoms with Gasteiger partial charge < -0.3 is 24.3 Å². The van der Waals surface area contributed by atoms with Crippen molar-refractivity contribution in [3.8, 4) is 17.2 Å². The lowest BCUT2D eigenvalue weighted by atomic mass is 10.2. The maximum Gasteiger partial charge on any atom is 0.164 e. The fourth-order valence-corrected chi connectivity index (χ4v) is 3.12. The fraction of sp³-hybridized carbons (Fsp3) is 0.143. The molecule has 0 radical (unpaired) electrons. The molecule has 2 aromatic carbocycles. The van der Waals surface area contributed by atoms with Gasteiger partial charge >= 0.3 is 0 Å². The summed E-state index contributed by atoms with van der Waals surface area (Å²) in [6.07, 6.45) is 1.32. The van der Waals surface area contributed by atoms with E-state index in [1.54, 1.807) is 12.1 Å². The van der Waals surface area contributed by atoms with E-state index in [9.17, 15) is 9.50 Å². The molecule has 154 valence electrons. The first-order valence-electron chi connectivity index (χ1n) is 8.91. The molecular formula is C21H17ClFN3O4. The van der Waals surface area contributed by atoms with Crippen molar-refractivity contribution < 1.29 is 23.4 Å². The third-order valence-corrected chi connectivity index (χ3v) is 4.78. The van der Waals surface area contributed by atoms with Gasteiger partial charge in [0.25, 0.3) is 0 Å². The number of nitrogens with one attached hydrogen (secondary N) is 1. The van der Waals surface area contributed by atoms with Gasteiger partial charge in [-0.1, -0.05) is 11.6 Å². The lowest BCUT2D eigenvalue weighted by molar-refractivity contribution is 0.254. The fourth-order valence-electron chi connectivity index (χ4n) is 2.92. The van der Waals surface area contributed by atoms with Gasteiger partial charge in [0.2, 0.25) is 0 Å². The normalized spacial score (nSPS) is 10.9. The monoisotopic (exact) mass is 429 g/mol. The highest BCUT2D eigenvalue weighted by Crippen LogP contribution is 2.38. The summed E-state index contributed by atoms with van der Waals surface area (Å²) in [5, 5.41) is 13.0. The lowest BCUT2D eigenvalue weighted by Crippen LogP contribution is -2.01. The number of nitrogens with zero attached hydrogens (tertiary/aromatic N) is 2. The Balaban J connectivity index is 1.70. The molecule has 0 saturated heterocycles. The van der Waals surface area contributed by atoms with Gasteiger partial charge in [0.15, 0.2) is 11.5 Å². The Morgan fingerprint density at radius 3 is 2.73 bits per heavy atom. The van der Waals surface area contributed by atoms with Gasteiger partial charge in [0.1, 0.15) is 46.9 Å². The van der Waals surface area contributed by atoms with E-state index in [0.717, 1.165) is 11.8 Å². The van der Waals surface area contributed by atoms with Crippen molar-refractivity contribution in [2.75, 3.05) is 12.4 Å². The van der Waals surface area contributed by atoms with Crippen molar-refractivity contribution in [2.45, 2.75) is 13.5 Å². The first kappa shape index (κ1) is 19.8. The van der Waals surface area contributed by atoms with Crippen molar-refractivity contribution >= 4 is 34.0 Å². The predicted molar refractivity (Wildman–Crippen MR) is 110 cm³/mol. The minimum atomic E-state index is -0.634.